The fourth-order valence-corrected chi connectivity index (χ4v) is 4.34. The van der Waals surface area contributed by atoms with Crippen molar-refractivity contribution in [1.29, 1.82) is 0 Å². The summed E-state index contributed by atoms with van der Waals surface area (Å²) < 4.78 is 5.32. The molecule has 2 N–H and O–H groups in total. The second-order valence-electron chi connectivity index (χ2n) is 7.60. The highest BCUT2D eigenvalue weighted by Gasteiger charge is 2.32. The van der Waals surface area contributed by atoms with E-state index in [1.807, 2.05) is 6.07 Å². The highest BCUT2D eigenvalue weighted by molar-refractivity contribution is 5.79. The van der Waals surface area contributed by atoms with Crippen LogP contribution in [-0.4, -0.2) is 36.7 Å². The maximum absolute atomic E-state index is 12.5. The van der Waals surface area contributed by atoms with E-state index in [2.05, 4.69) is 29.6 Å². The van der Waals surface area contributed by atoms with Gasteiger partial charge in [0.05, 0.1) is 5.92 Å². The summed E-state index contributed by atoms with van der Waals surface area (Å²) in [6, 6.07) is 10.5. The molecule has 142 valence electrons. The lowest BCUT2D eigenvalue weighted by Crippen LogP contribution is -2.41. The third-order valence-corrected chi connectivity index (χ3v) is 6.02. The van der Waals surface area contributed by atoms with Crippen LogP contribution >= 0.6 is 0 Å². The first-order valence-electron chi connectivity index (χ1n) is 9.78. The number of nitrogens with one attached hydrogen (secondary N) is 1. The summed E-state index contributed by atoms with van der Waals surface area (Å²) in [6.07, 6.45) is 5.31. The number of carbonyl (C=O) groups excluding carboxylic acids is 1. The molecule has 1 aliphatic carbocycles. The number of amides is 1. The Morgan fingerprint density at radius 1 is 1.04 bits per heavy atom. The average molecular weight is 359 g/mol. The molecular weight excluding hydrogens is 330 g/mol. The molecule has 2 aliphatic rings. The van der Waals surface area contributed by atoms with E-state index in [1.54, 1.807) is 0 Å². The summed E-state index contributed by atoms with van der Waals surface area (Å²) in [7, 11) is 0. The topological polar surface area (TPSA) is 75.6 Å². The van der Waals surface area contributed by atoms with E-state index >= 15 is 0 Å². The molecule has 5 nitrogen and oxygen atoms in total. The molecule has 0 spiro atoms. The van der Waals surface area contributed by atoms with Gasteiger partial charge in [0.25, 0.3) is 0 Å². The number of carboxylic acid groups (broad SMARTS) is 1. The predicted octanol–water partition coefficient (Wildman–Crippen LogP) is 3.20. The molecule has 5 heteroatoms. The molecule has 2 fully saturated rings. The summed E-state index contributed by atoms with van der Waals surface area (Å²) in [6.45, 7) is 1.47. The zero-order chi connectivity index (χ0) is 18.4. The highest BCUT2D eigenvalue weighted by atomic mass is 16.5. The minimum absolute atomic E-state index is 0.0131. The largest absolute Gasteiger partial charge is 0.481 e. The minimum atomic E-state index is -0.815. The van der Waals surface area contributed by atoms with Crippen LogP contribution in [0.25, 0.3) is 0 Å². The highest BCUT2D eigenvalue weighted by Crippen LogP contribution is 2.35. The zero-order valence-electron chi connectivity index (χ0n) is 15.2. The molecule has 1 saturated heterocycles. The van der Waals surface area contributed by atoms with Gasteiger partial charge in [-0.15, -0.1) is 0 Å². The predicted molar refractivity (Wildman–Crippen MR) is 98.8 cm³/mol. The van der Waals surface area contributed by atoms with E-state index in [1.165, 1.54) is 5.56 Å². The Morgan fingerprint density at radius 2 is 1.69 bits per heavy atom. The second kappa shape index (κ2) is 9.17. The van der Waals surface area contributed by atoms with E-state index in [-0.39, 0.29) is 24.3 Å². The van der Waals surface area contributed by atoms with Gasteiger partial charge in [0, 0.05) is 25.7 Å². The summed E-state index contributed by atoms with van der Waals surface area (Å²) in [5, 5.41) is 12.4. The molecule has 0 radical (unpaired) electrons. The van der Waals surface area contributed by atoms with Crippen molar-refractivity contribution in [2.75, 3.05) is 19.8 Å². The summed E-state index contributed by atoms with van der Waals surface area (Å²) in [5.74, 6) is -0.660. The number of aliphatic carboxylic acids is 1. The number of hydrogen-bond donors (Lipinski definition) is 2. The van der Waals surface area contributed by atoms with Crippen LogP contribution in [0.1, 0.15) is 50.0 Å². The number of benzene rings is 1. The Morgan fingerprint density at radius 3 is 2.31 bits per heavy atom. The van der Waals surface area contributed by atoms with Crippen LogP contribution in [-0.2, 0) is 14.3 Å². The molecule has 1 heterocycles. The second-order valence-corrected chi connectivity index (χ2v) is 7.60. The molecule has 1 aromatic rings. The molecule has 0 bridgehead atoms. The smallest absolute Gasteiger partial charge is 0.308 e. The van der Waals surface area contributed by atoms with Gasteiger partial charge in [-0.3, -0.25) is 9.59 Å². The summed E-state index contributed by atoms with van der Waals surface area (Å²) >= 11 is 0. The number of carbonyl (C=O) groups is 2. The van der Waals surface area contributed by atoms with Gasteiger partial charge < -0.3 is 15.2 Å². The molecule has 1 unspecified atom stereocenters. The first kappa shape index (κ1) is 18.9. The van der Waals surface area contributed by atoms with Gasteiger partial charge >= 0.3 is 5.97 Å². The third kappa shape index (κ3) is 4.85. The first-order valence-corrected chi connectivity index (χ1v) is 9.78. The van der Waals surface area contributed by atoms with E-state index < -0.39 is 11.9 Å². The third-order valence-electron chi connectivity index (χ3n) is 6.02. The van der Waals surface area contributed by atoms with Crippen molar-refractivity contribution >= 4 is 11.9 Å². The van der Waals surface area contributed by atoms with Crippen LogP contribution in [0.3, 0.4) is 0 Å². The summed E-state index contributed by atoms with van der Waals surface area (Å²) in [4.78, 5) is 24.1. The van der Waals surface area contributed by atoms with Crippen LogP contribution in [0, 0.1) is 17.8 Å². The SMILES string of the molecule is O=C(NCC(C(=O)O)C1CCOCC1)C1CCC(c2ccccc2)CC1. The van der Waals surface area contributed by atoms with Crippen molar-refractivity contribution in [1.82, 2.24) is 5.32 Å². The Hall–Kier alpha value is -1.88. The van der Waals surface area contributed by atoms with Crippen LogP contribution in [0.5, 0.6) is 0 Å². The van der Waals surface area contributed by atoms with Crippen LogP contribution in [0.2, 0.25) is 0 Å². The van der Waals surface area contributed by atoms with Crippen LogP contribution in [0.15, 0.2) is 30.3 Å². The van der Waals surface area contributed by atoms with Crippen LogP contribution in [0.4, 0.5) is 0 Å². The van der Waals surface area contributed by atoms with Crippen LogP contribution < -0.4 is 5.32 Å². The molecule has 1 saturated carbocycles. The van der Waals surface area contributed by atoms with Gasteiger partial charge in [-0.1, -0.05) is 30.3 Å². The van der Waals surface area contributed by atoms with E-state index in [4.69, 9.17) is 4.74 Å². The fourth-order valence-electron chi connectivity index (χ4n) is 4.34. The Balaban J connectivity index is 1.47. The van der Waals surface area contributed by atoms with E-state index in [0.717, 1.165) is 38.5 Å². The fraction of sp³-hybridized carbons (Fsp3) is 0.619. The van der Waals surface area contributed by atoms with Crippen molar-refractivity contribution in [3.8, 4) is 0 Å². The molecule has 0 aromatic heterocycles. The number of hydrogen-bond acceptors (Lipinski definition) is 3. The van der Waals surface area contributed by atoms with Gasteiger partial charge in [0.2, 0.25) is 5.91 Å². The standard InChI is InChI=1S/C21H29NO4/c23-20(22-14-19(21(24)25)17-10-12-26-13-11-17)18-8-6-16(7-9-18)15-4-2-1-3-5-15/h1-5,16-19H,6-14H2,(H,22,23)(H,24,25). The Bertz CT molecular complexity index is 589. The van der Waals surface area contributed by atoms with Gasteiger partial charge in [0.1, 0.15) is 0 Å². The first-order chi connectivity index (χ1) is 12.6. The normalized spacial score (nSPS) is 25.4. The molecule has 1 amide bonds. The summed E-state index contributed by atoms with van der Waals surface area (Å²) in [5.41, 5.74) is 1.36. The molecule has 1 atom stereocenters. The molecule has 1 aromatic carbocycles. The molecule has 3 rings (SSSR count). The van der Waals surface area contributed by atoms with Gasteiger partial charge in [-0.25, -0.2) is 0 Å². The maximum Gasteiger partial charge on any atom is 0.308 e. The minimum Gasteiger partial charge on any atom is -0.481 e. The van der Waals surface area contributed by atoms with E-state index in [9.17, 15) is 14.7 Å². The van der Waals surface area contributed by atoms with Gasteiger partial charge in [-0.05, 0) is 55.9 Å². The lowest BCUT2D eigenvalue weighted by molar-refractivity contribution is -0.145. The lowest BCUT2D eigenvalue weighted by atomic mass is 9.78. The van der Waals surface area contributed by atoms with Crippen molar-refractivity contribution in [2.24, 2.45) is 17.8 Å². The molecule has 1 aliphatic heterocycles. The Kier molecular flexibility index (Phi) is 6.67. The van der Waals surface area contributed by atoms with Crippen molar-refractivity contribution in [3.05, 3.63) is 35.9 Å². The average Bonchev–Trinajstić information content (AvgIpc) is 2.69. The van der Waals surface area contributed by atoms with Crippen molar-refractivity contribution < 1.29 is 19.4 Å². The van der Waals surface area contributed by atoms with E-state index in [0.29, 0.717) is 19.1 Å². The molecule has 26 heavy (non-hydrogen) atoms. The zero-order valence-corrected chi connectivity index (χ0v) is 15.2. The maximum atomic E-state index is 12.5. The monoisotopic (exact) mass is 359 g/mol. The van der Waals surface area contributed by atoms with Gasteiger partial charge in [-0.2, -0.15) is 0 Å². The quantitative estimate of drug-likeness (QED) is 0.818. The Labute approximate surface area is 155 Å². The van der Waals surface area contributed by atoms with Crippen molar-refractivity contribution in [2.45, 2.75) is 44.4 Å². The number of ether oxygens (including phenoxy) is 1. The number of carboxylic acids is 1. The van der Waals surface area contributed by atoms with Crippen molar-refractivity contribution in [3.63, 3.8) is 0 Å². The lowest BCUT2D eigenvalue weighted by Gasteiger charge is -2.30. The molecular formula is C21H29NO4. The number of rotatable bonds is 6. The van der Waals surface area contributed by atoms with Gasteiger partial charge in [0.15, 0.2) is 0 Å².